The standard InChI is InChI=1S/C24H27N3O3S2/c1-14(2)13-16-9-11-17(12-10-16)21-15(3)32-24(25-21)27-23(31)26-22(28)20-18(29-4)7-6-8-19(20)30-5/h6-12,14H,13H2,1-5H3,(H2,25,26,27,28,31). The summed E-state index contributed by atoms with van der Waals surface area (Å²) in [5, 5.41) is 6.45. The molecule has 0 fully saturated rings. The Bertz CT molecular complexity index is 1090. The highest BCUT2D eigenvalue weighted by molar-refractivity contribution is 7.80. The van der Waals surface area contributed by atoms with Crippen molar-refractivity contribution in [2.24, 2.45) is 5.92 Å². The van der Waals surface area contributed by atoms with Gasteiger partial charge in [-0.2, -0.15) is 0 Å². The zero-order valence-corrected chi connectivity index (χ0v) is 20.4. The van der Waals surface area contributed by atoms with Gasteiger partial charge in [0.1, 0.15) is 17.1 Å². The zero-order valence-electron chi connectivity index (χ0n) is 18.8. The van der Waals surface area contributed by atoms with Crippen LogP contribution in [0.5, 0.6) is 11.5 Å². The third-order valence-corrected chi connectivity index (χ3v) is 5.86. The molecule has 0 aliphatic heterocycles. The van der Waals surface area contributed by atoms with Crippen LogP contribution in [0.15, 0.2) is 42.5 Å². The summed E-state index contributed by atoms with van der Waals surface area (Å²) in [5.74, 6) is 0.992. The van der Waals surface area contributed by atoms with E-state index in [9.17, 15) is 4.79 Å². The summed E-state index contributed by atoms with van der Waals surface area (Å²) in [7, 11) is 2.99. The average Bonchev–Trinajstić information content (AvgIpc) is 3.12. The van der Waals surface area contributed by atoms with Gasteiger partial charge in [0.25, 0.3) is 5.91 Å². The molecule has 0 radical (unpaired) electrons. The third-order valence-electron chi connectivity index (χ3n) is 4.77. The molecule has 1 aromatic heterocycles. The Balaban J connectivity index is 1.71. The van der Waals surface area contributed by atoms with Crippen molar-refractivity contribution >= 4 is 39.7 Å². The number of hydrogen-bond donors (Lipinski definition) is 2. The van der Waals surface area contributed by atoms with Crippen molar-refractivity contribution in [3.05, 3.63) is 58.5 Å². The molecule has 0 saturated carbocycles. The fourth-order valence-corrected chi connectivity index (χ4v) is 4.45. The number of benzene rings is 2. The molecule has 0 bridgehead atoms. The number of nitrogens with one attached hydrogen (secondary N) is 2. The first-order chi connectivity index (χ1) is 15.3. The SMILES string of the molecule is COc1cccc(OC)c1C(=O)NC(=S)Nc1nc(-c2ccc(CC(C)C)cc2)c(C)s1. The van der Waals surface area contributed by atoms with Gasteiger partial charge in [0.15, 0.2) is 10.2 Å². The molecule has 3 rings (SSSR count). The number of nitrogens with zero attached hydrogens (tertiary/aromatic N) is 1. The van der Waals surface area contributed by atoms with Crippen LogP contribution in [-0.4, -0.2) is 30.2 Å². The molecule has 0 atom stereocenters. The second-order valence-corrected chi connectivity index (χ2v) is 9.28. The first-order valence-corrected chi connectivity index (χ1v) is 11.4. The smallest absolute Gasteiger partial charge is 0.264 e. The molecule has 6 nitrogen and oxygen atoms in total. The lowest BCUT2D eigenvalue weighted by molar-refractivity contribution is 0.0971. The number of thiocarbonyl (C=S) groups is 1. The summed E-state index contributed by atoms with van der Waals surface area (Å²) in [6, 6.07) is 13.6. The first-order valence-electron chi connectivity index (χ1n) is 10.2. The van der Waals surface area contributed by atoms with Crippen LogP contribution in [0.4, 0.5) is 5.13 Å². The van der Waals surface area contributed by atoms with Gasteiger partial charge in [0.05, 0.1) is 19.9 Å². The number of thiazole rings is 1. The van der Waals surface area contributed by atoms with Crippen molar-refractivity contribution in [1.82, 2.24) is 10.3 Å². The minimum atomic E-state index is -0.425. The Morgan fingerprint density at radius 2 is 1.72 bits per heavy atom. The van der Waals surface area contributed by atoms with Gasteiger partial charge in [-0.05, 0) is 49.2 Å². The van der Waals surface area contributed by atoms with Crippen molar-refractivity contribution < 1.29 is 14.3 Å². The van der Waals surface area contributed by atoms with Gasteiger partial charge < -0.3 is 14.8 Å². The molecular formula is C24H27N3O3S2. The van der Waals surface area contributed by atoms with Gasteiger partial charge in [-0.1, -0.05) is 44.2 Å². The van der Waals surface area contributed by atoms with E-state index < -0.39 is 5.91 Å². The Hall–Kier alpha value is -2.97. The number of ether oxygens (including phenoxy) is 2. The van der Waals surface area contributed by atoms with E-state index in [2.05, 4.69) is 53.7 Å². The Kier molecular flexibility index (Phi) is 7.82. The van der Waals surface area contributed by atoms with Gasteiger partial charge >= 0.3 is 0 Å². The van der Waals surface area contributed by atoms with Crippen LogP contribution in [0, 0.1) is 12.8 Å². The van der Waals surface area contributed by atoms with Crippen molar-refractivity contribution in [3.63, 3.8) is 0 Å². The Morgan fingerprint density at radius 3 is 2.28 bits per heavy atom. The van der Waals surface area contributed by atoms with E-state index in [1.54, 1.807) is 18.2 Å². The second kappa shape index (κ2) is 10.6. The topological polar surface area (TPSA) is 72.5 Å². The van der Waals surface area contributed by atoms with Gasteiger partial charge in [0.2, 0.25) is 0 Å². The Labute approximate surface area is 198 Å². The summed E-state index contributed by atoms with van der Waals surface area (Å²) < 4.78 is 10.6. The lowest BCUT2D eigenvalue weighted by Gasteiger charge is -2.13. The maximum absolute atomic E-state index is 12.8. The lowest BCUT2D eigenvalue weighted by atomic mass is 10.0. The number of carbonyl (C=O) groups excluding carboxylic acids is 1. The van der Waals surface area contributed by atoms with E-state index in [1.807, 2.05) is 6.92 Å². The summed E-state index contributed by atoms with van der Waals surface area (Å²) in [6.07, 6.45) is 1.05. The molecule has 32 heavy (non-hydrogen) atoms. The summed E-state index contributed by atoms with van der Waals surface area (Å²) >= 11 is 6.82. The molecule has 0 spiro atoms. The summed E-state index contributed by atoms with van der Waals surface area (Å²) in [4.78, 5) is 18.5. The van der Waals surface area contributed by atoms with Crippen LogP contribution >= 0.6 is 23.6 Å². The third kappa shape index (κ3) is 5.63. The molecule has 1 heterocycles. The lowest BCUT2D eigenvalue weighted by Crippen LogP contribution is -2.34. The predicted molar refractivity (Wildman–Crippen MR) is 134 cm³/mol. The molecule has 8 heteroatoms. The van der Waals surface area contributed by atoms with Crippen LogP contribution in [0.2, 0.25) is 0 Å². The Morgan fingerprint density at radius 1 is 1.09 bits per heavy atom. The fraction of sp³-hybridized carbons (Fsp3) is 0.292. The summed E-state index contributed by atoms with van der Waals surface area (Å²) in [6.45, 7) is 6.44. The first kappa shape index (κ1) is 23.7. The number of hydrogen-bond acceptors (Lipinski definition) is 6. The quantitative estimate of drug-likeness (QED) is 0.448. The highest BCUT2D eigenvalue weighted by Crippen LogP contribution is 2.31. The minimum Gasteiger partial charge on any atom is -0.496 e. The predicted octanol–water partition coefficient (Wildman–Crippen LogP) is 5.46. The highest BCUT2D eigenvalue weighted by atomic mass is 32.1. The maximum Gasteiger partial charge on any atom is 0.264 e. The number of carbonyl (C=O) groups is 1. The van der Waals surface area contributed by atoms with Crippen LogP contribution in [-0.2, 0) is 6.42 Å². The van der Waals surface area contributed by atoms with Crippen LogP contribution in [0.3, 0.4) is 0 Å². The number of methoxy groups -OCH3 is 2. The highest BCUT2D eigenvalue weighted by Gasteiger charge is 2.20. The molecule has 2 N–H and O–H groups in total. The minimum absolute atomic E-state index is 0.149. The number of anilines is 1. The van der Waals surface area contributed by atoms with E-state index in [4.69, 9.17) is 21.7 Å². The molecule has 1 amide bonds. The van der Waals surface area contributed by atoms with Crippen molar-refractivity contribution in [2.45, 2.75) is 27.2 Å². The maximum atomic E-state index is 12.8. The van der Waals surface area contributed by atoms with E-state index in [1.165, 1.54) is 31.1 Å². The van der Waals surface area contributed by atoms with Crippen LogP contribution < -0.4 is 20.1 Å². The number of rotatable bonds is 7. The largest absolute Gasteiger partial charge is 0.496 e. The number of amides is 1. The fourth-order valence-electron chi connectivity index (χ4n) is 3.36. The van der Waals surface area contributed by atoms with Crippen molar-refractivity contribution in [3.8, 4) is 22.8 Å². The van der Waals surface area contributed by atoms with E-state index in [-0.39, 0.29) is 10.7 Å². The molecular weight excluding hydrogens is 442 g/mol. The van der Waals surface area contributed by atoms with Gasteiger partial charge in [-0.3, -0.25) is 10.1 Å². The monoisotopic (exact) mass is 469 g/mol. The molecule has 0 aliphatic rings. The van der Waals surface area contributed by atoms with Gasteiger partial charge in [-0.25, -0.2) is 4.98 Å². The van der Waals surface area contributed by atoms with Crippen molar-refractivity contribution in [2.75, 3.05) is 19.5 Å². The molecule has 3 aromatic rings. The van der Waals surface area contributed by atoms with E-state index in [0.29, 0.717) is 22.5 Å². The second-order valence-electron chi connectivity index (χ2n) is 7.66. The van der Waals surface area contributed by atoms with E-state index in [0.717, 1.165) is 22.6 Å². The van der Waals surface area contributed by atoms with E-state index >= 15 is 0 Å². The summed E-state index contributed by atoms with van der Waals surface area (Å²) in [5.41, 5.74) is 3.53. The number of aromatic nitrogens is 1. The van der Waals surface area contributed by atoms with Crippen LogP contribution in [0.25, 0.3) is 11.3 Å². The van der Waals surface area contributed by atoms with Crippen molar-refractivity contribution in [1.29, 1.82) is 0 Å². The van der Waals surface area contributed by atoms with Gasteiger partial charge in [-0.15, -0.1) is 11.3 Å². The average molecular weight is 470 g/mol. The molecule has 168 valence electrons. The molecule has 0 aliphatic carbocycles. The molecule has 0 unspecified atom stereocenters. The zero-order chi connectivity index (χ0) is 23.3. The van der Waals surface area contributed by atoms with Crippen LogP contribution in [0.1, 0.15) is 34.6 Å². The van der Waals surface area contributed by atoms with Gasteiger partial charge in [0, 0.05) is 10.4 Å². The number of aryl methyl sites for hydroxylation is 1. The normalized spacial score (nSPS) is 10.7. The molecule has 2 aromatic carbocycles. The molecule has 0 saturated heterocycles.